The largest absolute Gasteiger partial charge is 0.395 e. The van der Waals surface area contributed by atoms with E-state index in [-0.39, 0.29) is 23.0 Å². The Hall–Kier alpha value is -4.81. The van der Waals surface area contributed by atoms with Crippen LogP contribution in [0.25, 0.3) is 0 Å². The first-order valence-electron chi connectivity index (χ1n) is 12.6. The number of hydrogen-bond donors (Lipinski definition) is 11. The monoisotopic (exact) mass is 614 g/mol. The predicted octanol–water partition coefficient (Wildman–Crippen LogP) is -4.76. The van der Waals surface area contributed by atoms with Gasteiger partial charge in [0.25, 0.3) is 17.7 Å². The highest BCUT2D eigenvalue weighted by Crippen LogP contribution is 2.05. The summed E-state index contributed by atoms with van der Waals surface area (Å²) in [5, 5.41) is 17.6. The summed E-state index contributed by atoms with van der Waals surface area (Å²) in [4.78, 5) is 77.5. The van der Waals surface area contributed by atoms with Crippen molar-refractivity contribution in [3.05, 3.63) is 36.8 Å². The number of aliphatic hydroxyl groups excluding tert-OH is 1. The molecular formula is C25H46N10O8. The number of primary amides is 3. The molecule has 0 aliphatic rings. The summed E-state index contributed by atoms with van der Waals surface area (Å²) in [6.45, 7) is 17.7. The van der Waals surface area contributed by atoms with Crippen LogP contribution in [-0.2, 0) is 33.6 Å². The van der Waals surface area contributed by atoms with Crippen LogP contribution in [0, 0.1) is 5.92 Å². The molecule has 0 aliphatic carbocycles. The van der Waals surface area contributed by atoms with E-state index in [4.69, 9.17) is 39.5 Å². The minimum atomic E-state index is -0.935. The van der Waals surface area contributed by atoms with E-state index in [9.17, 15) is 33.6 Å². The number of rotatable bonds is 14. The summed E-state index contributed by atoms with van der Waals surface area (Å²) >= 11 is 0. The topological polar surface area (TPSA) is 344 Å². The molecule has 0 aromatic carbocycles. The smallest absolute Gasteiger partial charge is 0.271 e. The van der Waals surface area contributed by atoms with Crippen molar-refractivity contribution in [3.63, 3.8) is 0 Å². The Balaban J connectivity index is -0.000000689. The van der Waals surface area contributed by atoms with Gasteiger partial charge in [0.1, 0.15) is 18.1 Å². The van der Waals surface area contributed by atoms with Gasteiger partial charge < -0.3 is 60.8 Å². The summed E-state index contributed by atoms with van der Waals surface area (Å²) in [6, 6.07) is -3.48. The lowest BCUT2D eigenvalue weighted by Crippen LogP contribution is -2.52. The number of carbonyl (C=O) groups is 7. The van der Waals surface area contributed by atoms with Gasteiger partial charge in [0.05, 0.1) is 29.2 Å². The van der Waals surface area contributed by atoms with Crippen LogP contribution < -0.4 is 55.7 Å². The summed E-state index contributed by atoms with van der Waals surface area (Å²) in [6.07, 6.45) is -0.128. The van der Waals surface area contributed by atoms with Crippen molar-refractivity contribution in [3.8, 4) is 0 Å². The van der Waals surface area contributed by atoms with Crippen molar-refractivity contribution in [2.75, 3.05) is 0 Å². The van der Waals surface area contributed by atoms with Gasteiger partial charge in [-0.3, -0.25) is 33.6 Å². The first-order chi connectivity index (χ1) is 19.5. The van der Waals surface area contributed by atoms with Gasteiger partial charge >= 0.3 is 0 Å². The van der Waals surface area contributed by atoms with Crippen molar-refractivity contribution in [2.45, 2.75) is 71.3 Å². The van der Waals surface area contributed by atoms with Crippen LogP contribution >= 0.6 is 0 Å². The first-order valence-corrected chi connectivity index (χ1v) is 12.6. The molecule has 0 bridgehead atoms. The van der Waals surface area contributed by atoms with E-state index in [0.29, 0.717) is 0 Å². The molecule has 0 aromatic heterocycles. The molecule has 0 radical (unpaired) electrons. The molecule has 0 heterocycles. The van der Waals surface area contributed by atoms with Crippen molar-refractivity contribution in [1.29, 1.82) is 0 Å². The molecule has 0 rings (SSSR count). The number of nitrogens with one attached hydrogen (secondary N) is 4. The third-order valence-corrected chi connectivity index (χ3v) is 5.34. The number of amides is 7. The Bertz CT molecular complexity index is 1050. The number of carbonyl (C=O) groups excluding carboxylic acids is 7. The van der Waals surface area contributed by atoms with Crippen LogP contribution in [-0.4, -0.2) is 76.7 Å². The Labute approximate surface area is 250 Å². The molecule has 18 nitrogen and oxygen atoms in total. The van der Waals surface area contributed by atoms with Crippen molar-refractivity contribution in [2.24, 2.45) is 40.3 Å². The maximum absolute atomic E-state index is 12.0. The van der Waals surface area contributed by atoms with Crippen molar-refractivity contribution >= 4 is 41.4 Å². The fourth-order valence-corrected chi connectivity index (χ4v) is 2.07. The number of nitrogens with two attached hydrogens (primary N) is 6. The lowest BCUT2D eigenvalue weighted by Gasteiger charge is -2.21. The van der Waals surface area contributed by atoms with E-state index in [1.807, 2.05) is 19.2 Å². The van der Waals surface area contributed by atoms with Crippen LogP contribution in [0.5, 0.6) is 0 Å². The van der Waals surface area contributed by atoms with Crippen LogP contribution in [0.2, 0.25) is 0 Å². The Kier molecular flexibility index (Phi) is 20.8. The molecule has 7 amide bonds. The molecule has 0 aliphatic heterocycles. The standard InChI is InChI=1S/C15H27N5O4.C6H9N3O2.C4H10N2O2/c1-6-7(2)11(16)15(24)20-10(5)14(23)19-9(4)13(22)18-8(3)12(17)21;1-3(7)6(11)9-4(2)5(8)10;1-2(7)3(5)4(6)8/h7-8,10-11H,4,6,16H2,1-3,5H3,(H2,17,21)(H,18,22)(H,19,23)(H,20,24);1-2,7H2,(H2,8,10)(H,9,11);2-3,7H,5H2,1H3,(H2,6,8)/t7-,8-,10-,11-;;2-,3+/m0.1/s1. The highest BCUT2D eigenvalue weighted by atomic mass is 16.3. The van der Waals surface area contributed by atoms with E-state index in [1.165, 1.54) is 20.8 Å². The van der Waals surface area contributed by atoms with Gasteiger partial charge in [-0.25, -0.2) is 0 Å². The average molecular weight is 615 g/mol. The highest BCUT2D eigenvalue weighted by Gasteiger charge is 2.24. The number of aliphatic hydroxyl groups is 1. The van der Waals surface area contributed by atoms with E-state index in [0.717, 1.165) is 6.42 Å². The third-order valence-electron chi connectivity index (χ3n) is 5.34. The molecule has 0 saturated heterocycles. The molecule has 0 unspecified atom stereocenters. The lowest BCUT2D eigenvalue weighted by atomic mass is 9.99. The summed E-state index contributed by atoms with van der Waals surface area (Å²) in [5.74, 6) is -4.74. The molecule has 0 saturated carbocycles. The second-order valence-electron chi connectivity index (χ2n) is 9.20. The zero-order valence-electron chi connectivity index (χ0n) is 25.1. The molecule has 43 heavy (non-hydrogen) atoms. The van der Waals surface area contributed by atoms with Crippen LogP contribution in [0.15, 0.2) is 36.8 Å². The van der Waals surface area contributed by atoms with Gasteiger partial charge in [-0.15, -0.1) is 0 Å². The van der Waals surface area contributed by atoms with Gasteiger partial charge in [-0.05, 0) is 26.7 Å². The average Bonchev–Trinajstić information content (AvgIpc) is 2.91. The second kappa shape index (κ2) is 21.0. The van der Waals surface area contributed by atoms with Gasteiger partial charge in [0, 0.05) is 0 Å². The molecule has 0 fully saturated rings. The second-order valence-corrected chi connectivity index (χ2v) is 9.20. The molecule has 6 atom stereocenters. The fraction of sp³-hybridized carbons (Fsp3) is 0.480. The van der Waals surface area contributed by atoms with Crippen LogP contribution in [0.4, 0.5) is 0 Å². The van der Waals surface area contributed by atoms with Crippen molar-refractivity contribution in [1.82, 2.24) is 21.3 Å². The Morgan fingerprint density at radius 2 is 1.16 bits per heavy atom. The summed E-state index contributed by atoms with van der Waals surface area (Å²) in [5.41, 5.74) is 29.6. The minimum Gasteiger partial charge on any atom is -0.395 e. The lowest BCUT2D eigenvalue weighted by molar-refractivity contribution is -0.130. The predicted molar refractivity (Wildman–Crippen MR) is 158 cm³/mol. The molecular weight excluding hydrogens is 568 g/mol. The molecule has 18 heteroatoms. The summed E-state index contributed by atoms with van der Waals surface area (Å²) < 4.78 is 0. The van der Waals surface area contributed by atoms with Crippen molar-refractivity contribution < 1.29 is 38.7 Å². The number of hydrogen-bond acceptors (Lipinski definition) is 11. The van der Waals surface area contributed by atoms with E-state index in [1.54, 1.807) is 0 Å². The minimum absolute atomic E-state index is 0.0312. The highest BCUT2D eigenvalue weighted by molar-refractivity contribution is 6.01. The zero-order valence-corrected chi connectivity index (χ0v) is 25.1. The molecule has 244 valence electrons. The van der Waals surface area contributed by atoms with E-state index in [2.05, 4.69) is 35.7 Å². The first kappa shape index (κ1) is 42.7. The van der Waals surface area contributed by atoms with E-state index < -0.39 is 71.6 Å². The van der Waals surface area contributed by atoms with Gasteiger partial charge in [0.2, 0.25) is 23.6 Å². The Morgan fingerprint density at radius 1 is 0.674 bits per heavy atom. The third kappa shape index (κ3) is 19.0. The quantitative estimate of drug-likeness (QED) is 0.0825. The maximum atomic E-state index is 12.0. The van der Waals surface area contributed by atoms with E-state index >= 15 is 0 Å². The molecule has 0 aromatic rings. The van der Waals surface area contributed by atoms with Crippen LogP contribution in [0.1, 0.15) is 41.0 Å². The van der Waals surface area contributed by atoms with Crippen LogP contribution in [0.3, 0.4) is 0 Å². The maximum Gasteiger partial charge on any atom is 0.271 e. The summed E-state index contributed by atoms with van der Waals surface area (Å²) in [7, 11) is 0. The normalized spacial score (nSPS) is 14.0. The van der Waals surface area contributed by atoms with Gasteiger partial charge in [-0.1, -0.05) is 40.0 Å². The van der Waals surface area contributed by atoms with Gasteiger partial charge in [-0.2, -0.15) is 0 Å². The Morgan fingerprint density at radius 3 is 1.49 bits per heavy atom. The molecule has 17 N–H and O–H groups in total. The zero-order chi connectivity index (χ0) is 34.8. The SMILES string of the molecule is C=C(N)C(=O)NC(=C)C(N)=O.C=C(NC(=O)[C@H](C)NC(=O)[C@@H](N)[C@@H](C)CC)C(=O)N[C@@H](C)C(N)=O.C[C@@H](O)[C@H](N)C(N)=O. The molecule has 0 spiro atoms. The fourth-order valence-electron chi connectivity index (χ4n) is 2.07. The van der Waals surface area contributed by atoms with Gasteiger partial charge in [0.15, 0.2) is 0 Å².